The molecule has 0 aromatic carbocycles. The van der Waals surface area contributed by atoms with Gasteiger partial charge >= 0.3 is 0 Å². The van der Waals surface area contributed by atoms with Gasteiger partial charge in [0.2, 0.25) is 0 Å². The van der Waals surface area contributed by atoms with Gasteiger partial charge in [-0.2, -0.15) is 0 Å². The maximum atomic E-state index is 10.5. The van der Waals surface area contributed by atoms with Gasteiger partial charge in [0.1, 0.15) is 12.7 Å². The number of ether oxygens (including phenoxy) is 1. The SMILES string of the molecule is C#CCOC1CCCNC1[N+](=O)[O-]. The van der Waals surface area contributed by atoms with Gasteiger partial charge in [0.15, 0.2) is 0 Å². The van der Waals surface area contributed by atoms with E-state index in [1.807, 2.05) is 0 Å². The van der Waals surface area contributed by atoms with Gasteiger partial charge in [0.25, 0.3) is 6.17 Å². The lowest BCUT2D eigenvalue weighted by atomic mass is 10.1. The Labute approximate surface area is 76.6 Å². The van der Waals surface area contributed by atoms with Crippen LogP contribution in [0.25, 0.3) is 0 Å². The molecule has 1 fully saturated rings. The number of nitrogens with one attached hydrogen (secondary N) is 1. The van der Waals surface area contributed by atoms with E-state index in [0.29, 0.717) is 13.0 Å². The van der Waals surface area contributed by atoms with Crippen LogP contribution in [0, 0.1) is 22.5 Å². The molecule has 0 spiro atoms. The number of rotatable bonds is 3. The maximum absolute atomic E-state index is 10.5. The highest BCUT2D eigenvalue weighted by Crippen LogP contribution is 2.12. The standard InChI is InChI=1S/C8H12N2O3/c1-2-6-13-7-4-3-5-9-8(7)10(11)12/h1,7-9H,3-6H2. The van der Waals surface area contributed by atoms with E-state index in [0.717, 1.165) is 6.42 Å². The summed E-state index contributed by atoms with van der Waals surface area (Å²) < 4.78 is 5.17. The minimum Gasteiger partial charge on any atom is -0.357 e. The van der Waals surface area contributed by atoms with Crippen molar-refractivity contribution in [1.82, 2.24) is 5.32 Å². The summed E-state index contributed by atoms with van der Waals surface area (Å²) in [6.07, 6.45) is 5.39. The Morgan fingerprint density at radius 2 is 2.54 bits per heavy atom. The van der Waals surface area contributed by atoms with Crippen LogP contribution >= 0.6 is 0 Å². The van der Waals surface area contributed by atoms with Gasteiger partial charge in [-0.1, -0.05) is 5.92 Å². The van der Waals surface area contributed by atoms with E-state index in [1.165, 1.54) is 0 Å². The van der Waals surface area contributed by atoms with E-state index >= 15 is 0 Å². The fourth-order valence-electron chi connectivity index (χ4n) is 1.38. The normalized spacial score (nSPS) is 27.9. The van der Waals surface area contributed by atoms with Crippen molar-refractivity contribution in [3.63, 3.8) is 0 Å². The van der Waals surface area contributed by atoms with Crippen LogP contribution in [0.1, 0.15) is 12.8 Å². The molecule has 1 heterocycles. The quantitative estimate of drug-likeness (QED) is 0.380. The molecule has 2 unspecified atom stereocenters. The summed E-state index contributed by atoms with van der Waals surface area (Å²) in [5.74, 6) is 2.30. The molecular formula is C8H12N2O3. The lowest BCUT2D eigenvalue weighted by molar-refractivity contribution is -0.544. The van der Waals surface area contributed by atoms with E-state index in [9.17, 15) is 10.1 Å². The van der Waals surface area contributed by atoms with E-state index in [1.54, 1.807) is 0 Å². The van der Waals surface area contributed by atoms with Crippen molar-refractivity contribution in [2.24, 2.45) is 0 Å². The monoisotopic (exact) mass is 184 g/mol. The fourth-order valence-corrected chi connectivity index (χ4v) is 1.38. The zero-order valence-electron chi connectivity index (χ0n) is 7.23. The number of hydrogen-bond donors (Lipinski definition) is 1. The van der Waals surface area contributed by atoms with Crippen molar-refractivity contribution >= 4 is 0 Å². The molecular weight excluding hydrogens is 172 g/mol. The molecule has 2 atom stereocenters. The Bertz CT molecular complexity index is 224. The molecule has 0 aromatic heterocycles. The second-order valence-electron chi connectivity index (χ2n) is 2.88. The zero-order chi connectivity index (χ0) is 9.68. The van der Waals surface area contributed by atoms with E-state index in [4.69, 9.17) is 11.2 Å². The second-order valence-corrected chi connectivity index (χ2v) is 2.88. The molecule has 1 N–H and O–H groups in total. The first kappa shape index (κ1) is 9.96. The van der Waals surface area contributed by atoms with Crippen LogP contribution in [0.5, 0.6) is 0 Å². The number of nitrogens with zero attached hydrogens (tertiary/aromatic N) is 1. The molecule has 0 aromatic rings. The summed E-state index contributed by atoms with van der Waals surface area (Å²) in [6.45, 7) is 0.804. The predicted octanol–water partition coefficient (Wildman–Crippen LogP) is -0.00900. The highest BCUT2D eigenvalue weighted by Gasteiger charge is 2.34. The summed E-state index contributed by atoms with van der Waals surface area (Å²) >= 11 is 0. The molecule has 72 valence electrons. The van der Waals surface area contributed by atoms with E-state index in [2.05, 4.69) is 11.2 Å². The third kappa shape index (κ3) is 2.68. The van der Waals surface area contributed by atoms with Crippen LogP contribution in [0.3, 0.4) is 0 Å². The van der Waals surface area contributed by atoms with Crippen molar-refractivity contribution in [3.05, 3.63) is 10.1 Å². The summed E-state index contributed by atoms with van der Waals surface area (Å²) in [4.78, 5) is 10.2. The number of nitro groups is 1. The van der Waals surface area contributed by atoms with Crippen LogP contribution in [-0.2, 0) is 4.74 Å². The molecule has 0 bridgehead atoms. The fraction of sp³-hybridized carbons (Fsp3) is 0.750. The van der Waals surface area contributed by atoms with E-state index in [-0.39, 0.29) is 17.6 Å². The average molecular weight is 184 g/mol. The molecule has 0 saturated carbocycles. The number of terminal acetylenes is 1. The summed E-state index contributed by atoms with van der Waals surface area (Å²) in [7, 11) is 0. The van der Waals surface area contributed by atoms with Crippen molar-refractivity contribution in [2.45, 2.75) is 25.1 Å². The van der Waals surface area contributed by atoms with Gasteiger partial charge < -0.3 is 4.74 Å². The van der Waals surface area contributed by atoms with E-state index < -0.39 is 6.17 Å². The van der Waals surface area contributed by atoms with Crippen LogP contribution in [0.4, 0.5) is 0 Å². The highest BCUT2D eigenvalue weighted by molar-refractivity contribution is 4.85. The first-order valence-corrected chi connectivity index (χ1v) is 4.17. The van der Waals surface area contributed by atoms with Crippen molar-refractivity contribution < 1.29 is 9.66 Å². The number of hydrogen-bond acceptors (Lipinski definition) is 4. The summed E-state index contributed by atoms with van der Waals surface area (Å²) in [6, 6.07) is 0. The minimum atomic E-state index is -0.804. The molecule has 5 nitrogen and oxygen atoms in total. The van der Waals surface area contributed by atoms with Crippen molar-refractivity contribution in [2.75, 3.05) is 13.2 Å². The Hall–Kier alpha value is -1.12. The summed E-state index contributed by atoms with van der Waals surface area (Å²) in [5, 5.41) is 13.3. The van der Waals surface area contributed by atoms with Gasteiger partial charge in [-0.05, 0) is 12.8 Å². The molecule has 1 saturated heterocycles. The Morgan fingerprint density at radius 3 is 3.15 bits per heavy atom. The van der Waals surface area contributed by atoms with Gasteiger partial charge in [0, 0.05) is 11.5 Å². The Balaban J connectivity index is 2.47. The van der Waals surface area contributed by atoms with Crippen LogP contribution in [-0.4, -0.2) is 30.3 Å². The molecule has 0 amide bonds. The molecule has 1 rings (SSSR count). The third-order valence-corrected chi connectivity index (χ3v) is 1.98. The average Bonchev–Trinajstić information content (AvgIpc) is 2.15. The second kappa shape index (κ2) is 4.80. The molecule has 1 aliphatic heterocycles. The minimum absolute atomic E-state index is 0.136. The van der Waals surface area contributed by atoms with Gasteiger partial charge in [-0.3, -0.25) is 15.4 Å². The highest BCUT2D eigenvalue weighted by atomic mass is 16.6. The third-order valence-electron chi connectivity index (χ3n) is 1.98. The molecule has 0 radical (unpaired) electrons. The van der Waals surface area contributed by atoms with Crippen LogP contribution in [0.15, 0.2) is 0 Å². The topological polar surface area (TPSA) is 64.4 Å². The van der Waals surface area contributed by atoms with Crippen LogP contribution in [0.2, 0.25) is 0 Å². The molecule has 13 heavy (non-hydrogen) atoms. The van der Waals surface area contributed by atoms with Crippen molar-refractivity contribution in [1.29, 1.82) is 0 Å². The van der Waals surface area contributed by atoms with Crippen LogP contribution < -0.4 is 5.32 Å². The molecule has 5 heteroatoms. The first-order chi connectivity index (χ1) is 6.25. The lowest BCUT2D eigenvalue weighted by Crippen LogP contribution is -2.50. The molecule has 0 aliphatic carbocycles. The largest absolute Gasteiger partial charge is 0.357 e. The van der Waals surface area contributed by atoms with Gasteiger partial charge in [-0.25, -0.2) is 0 Å². The smallest absolute Gasteiger partial charge is 0.292 e. The zero-order valence-corrected chi connectivity index (χ0v) is 7.23. The van der Waals surface area contributed by atoms with Gasteiger partial charge in [0.05, 0.1) is 0 Å². The Morgan fingerprint density at radius 1 is 1.77 bits per heavy atom. The summed E-state index contributed by atoms with van der Waals surface area (Å²) in [5.41, 5.74) is 0. The van der Waals surface area contributed by atoms with Gasteiger partial charge in [-0.15, -0.1) is 6.42 Å². The Kier molecular flexibility index (Phi) is 3.68. The molecule has 1 aliphatic rings. The lowest BCUT2D eigenvalue weighted by Gasteiger charge is -2.25. The van der Waals surface area contributed by atoms with Crippen molar-refractivity contribution in [3.8, 4) is 12.3 Å². The predicted molar refractivity (Wildman–Crippen MR) is 46.6 cm³/mol. The first-order valence-electron chi connectivity index (χ1n) is 4.17. The maximum Gasteiger partial charge on any atom is 0.292 e. The number of piperidine rings is 1.